The number of hydrogen-bond acceptors (Lipinski definition) is 5. The first-order valence-electron chi connectivity index (χ1n) is 12.6. The third kappa shape index (κ3) is 7.46. The van der Waals surface area contributed by atoms with E-state index in [9.17, 15) is 27.6 Å². The molecule has 8 nitrogen and oxygen atoms in total. The van der Waals surface area contributed by atoms with Gasteiger partial charge in [-0.3, -0.25) is 14.4 Å². The molecule has 4 rings (SSSR count). The zero-order chi connectivity index (χ0) is 28.0. The van der Waals surface area contributed by atoms with Gasteiger partial charge >= 0.3 is 12.1 Å². The second-order valence-corrected chi connectivity index (χ2v) is 9.55. The highest BCUT2D eigenvalue weighted by molar-refractivity contribution is 5.94. The topological polar surface area (TPSA) is 122 Å². The molecule has 1 fully saturated rings. The van der Waals surface area contributed by atoms with Gasteiger partial charge in [-0.1, -0.05) is 30.3 Å². The Bertz CT molecular complexity index is 1300. The number of halogens is 3. The summed E-state index contributed by atoms with van der Waals surface area (Å²) in [6.07, 6.45) is -1.29. The number of nitrogens with zero attached hydrogens (tertiary/aromatic N) is 1. The van der Waals surface area contributed by atoms with Crippen LogP contribution < -0.4 is 10.6 Å². The second kappa shape index (κ2) is 12.1. The lowest BCUT2D eigenvalue weighted by Crippen LogP contribution is -2.29. The Hall–Kier alpha value is -4.15. The second-order valence-electron chi connectivity index (χ2n) is 9.55. The van der Waals surface area contributed by atoms with Gasteiger partial charge in [0.05, 0.1) is 0 Å². The van der Waals surface area contributed by atoms with Crippen LogP contribution in [0.3, 0.4) is 0 Å². The molecule has 3 N–H and O–H groups in total. The van der Waals surface area contributed by atoms with Crippen molar-refractivity contribution in [3.05, 3.63) is 71.6 Å². The van der Waals surface area contributed by atoms with Gasteiger partial charge in [0.25, 0.3) is 5.91 Å². The maximum Gasteiger partial charge on any atom is 0.437 e. The van der Waals surface area contributed by atoms with Gasteiger partial charge in [0.1, 0.15) is 0 Å². The van der Waals surface area contributed by atoms with E-state index in [0.29, 0.717) is 17.2 Å². The molecule has 1 heterocycles. The van der Waals surface area contributed by atoms with Gasteiger partial charge in [0.2, 0.25) is 17.6 Å². The van der Waals surface area contributed by atoms with Gasteiger partial charge < -0.3 is 20.2 Å². The first kappa shape index (κ1) is 27.9. The van der Waals surface area contributed by atoms with Crippen LogP contribution in [-0.2, 0) is 15.8 Å². The number of anilines is 1. The number of alkyl halides is 3. The summed E-state index contributed by atoms with van der Waals surface area (Å²) in [5.41, 5.74) is 0.533. The average Bonchev–Trinajstić information content (AvgIpc) is 3.37. The Kier molecular flexibility index (Phi) is 8.68. The van der Waals surface area contributed by atoms with Crippen LogP contribution in [0.4, 0.5) is 18.9 Å². The van der Waals surface area contributed by atoms with Crippen molar-refractivity contribution in [2.75, 3.05) is 11.9 Å². The molecular formula is C28H28F3N3O5. The Morgan fingerprint density at radius 3 is 2.26 bits per heavy atom. The van der Waals surface area contributed by atoms with E-state index in [1.54, 1.807) is 30.3 Å². The fourth-order valence-electron chi connectivity index (χ4n) is 4.75. The third-order valence-corrected chi connectivity index (χ3v) is 6.74. The smallest absolute Gasteiger partial charge is 0.437 e. The molecule has 0 saturated heterocycles. The van der Waals surface area contributed by atoms with E-state index in [-0.39, 0.29) is 31.2 Å². The highest BCUT2D eigenvalue weighted by Gasteiger charge is 2.41. The molecule has 2 amide bonds. The fourth-order valence-corrected chi connectivity index (χ4v) is 4.75. The Labute approximate surface area is 222 Å². The number of nitrogens with one attached hydrogen (secondary N) is 2. The first-order valence-corrected chi connectivity index (χ1v) is 12.6. The van der Waals surface area contributed by atoms with Crippen LogP contribution in [-0.4, -0.2) is 34.4 Å². The fraction of sp³-hybridized carbons (Fsp3) is 0.357. The van der Waals surface area contributed by atoms with Gasteiger partial charge in [0.15, 0.2) is 5.69 Å². The van der Waals surface area contributed by atoms with E-state index in [2.05, 4.69) is 15.6 Å². The summed E-state index contributed by atoms with van der Waals surface area (Å²) in [5, 5.41) is 14.0. The maximum atomic E-state index is 13.5. The van der Waals surface area contributed by atoms with Gasteiger partial charge in [0, 0.05) is 30.6 Å². The first-order chi connectivity index (χ1) is 18.6. The Morgan fingerprint density at radius 1 is 0.974 bits per heavy atom. The van der Waals surface area contributed by atoms with Crippen molar-refractivity contribution in [3.8, 4) is 11.5 Å². The van der Waals surface area contributed by atoms with Crippen LogP contribution >= 0.6 is 0 Å². The van der Waals surface area contributed by atoms with Gasteiger partial charge in [-0.15, -0.1) is 0 Å². The third-order valence-electron chi connectivity index (χ3n) is 6.74. The summed E-state index contributed by atoms with van der Waals surface area (Å²) in [7, 11) is 0. The summed E-state index contributed by atoms with van der Waals surface area (Å²) in [4.78, 5) is 39.2. The molecule has 39 heavy (non-hydrogen) atoms. The van der Waals surface area contributed by atoms with Crippen LogP contribution in [0.5, 0.6) is 0 Å². The summed E-state index contributed by atoms with van der Waals surface area (Å²) >= 11 is 0. The van der Waals surface area contributed by atoms with Crippen molar-refractivity contribution in [1.82, 2.24) is 10.3 Å². The van der Waals surface area contributed by atoms with E-state index in [1.807, 2.05) is 12.1 Å². The molecule has 1 saturated carbocycles. The minimum absolute atomic E-state index is 0.165. The lowest BCUT2D eigenvalue weighted by molar-refractivity contribution is -0.141. The molecular weight excluding hydrogens is 515 g/mol. The number of hydrogen-bond donors (Lipinski definition) is 3. The highest BCUT2D eigenvalue weighted by atomic mass is 19.4. The lowest BCUT2D eigenvalue weighted by Gasteiger charge is -2.28. The summed E-state index contributed by atoms with van der Waals surface area (Å²) in [6.45, 7) is -0.207. The van der Waals surface area contributed by atoms with Crippen molar-refractivity contribution in [3.63, 3.8) is 0 Å². The van der Waals surface area contributed by atoms with Crippen LogP contribution in [0.25, 0.3) is 11.5 Å². The number of carbonyl (C=O) groups is 3. The van der Waals surface area contributed by atoms with Gasteiger partial charge in [-0.25, -0.2) is 4.98 Å². The predicted octanol–water partition coefficient (Wildman–Crippen LogP) is 5.87. The molecule has 206 valence electrons. The van der Waals surface area contributed by atoms with Crippen LogP contribution in [0.15, 0.2) is 59.0 Å². The van der Waals surface area contributed by atoms with Crippen LogP contribution in [0, 0.1) is 5.92 Å². The normalized spacial score (nSPS) is 17.4. The summed E-state index contributed by atoms with van der Waals surface area (Å²) in [5.74, 6) is -3.04. The van der Waals surface area contributed by atoms with E-state index < -0.39 is 35.4 Å². The number of amides is 2. The quantitative estimate of drug-likeness (QED) is 0.311. The zero-order valence-electron chi connectivity index (χ0n) is 21.0. The summed E-state index contributed by atoms with van der Waals surface area (Å²) < 4.78 is 45.5. The van der Waals surface area contributed by atoms with Crippen LogP contribution in [0.2, 0.25) is 0 Å². The number of aliphatic carboxylic acids is 1. The van der Waals surface area contributed by atoms with E-state index in [0.717, 1.165) is 31.2 Å². The minimum Gasteiger partial charge on any atom is -0.481 e. The molecule has 0 unspecified atom stereocenters. The average molecular weight is 544 g/mol. The van der Waals surface area contributed by atoms with Crippen molar-refractivity contribution >= 4 is 23.5 Å². The standard InChI is InChI=1S/C28H28F3N3O5/c29-28(30,31)25-24(39-27(34-25)20-4-2-1-3-5-20)26(38)32-15-14-22(35)33-21-12-10-19(11-13-21)18-8-6-17(7-9-18)16-23(36)37/h1-5,10-13,17-18H,6-9,14-16H2,(H,32,38)(H,33,35)(H,36,37). The molecule has 11 heteroatoms. The molecule has 0 bridgehead atoms. The molecule has 0 aliphatic heterocycles. The number of oxazole rings is 1. The Balaban J connectivity index is 1.27. The number of benzene rings is 2. The molecule has 3 aromatic rings. The van der Waals surface area contributed by atoms with Crippen molar-refractivity contribution in [2.24, 2.45) is 5.92 Å². The van der Waals surface area contributed by atoms with Crippen molar-refractivity contribution in [1.29, 1.82) is 0 Å². The van der Waals surface area contributed by atoms with Crippen molar-refractivity contribution < 1.29 is 37.1 Å². The maximum absolute atomic E-state index is 13.5. The summed E-state index contributed by atoms with van der Waals surface area (Å²) in [6, 6.07) is 15.3. The molecule has 1 aromatic heterocycles. The molecule has 0 spiro atoms. The molecule has 2 aromatic carbocycles. The number of carbonyl (C=O) groups excluding carboxylic acids is 2. The van der Waals surface area contributed by atoms with Crippen molar-refractivity contribution in [2.45, 2.75) is 50.6 Å². The van der Waals surface area contributed by atoms with Gasteiger partial charge in [-0.2, -0.15) is 13.2 Å². The van der Waals surface area contributed by atoms with Crippen LogP contribution in [0.1, 0.15) is 66.3 Å². The number of rotatable bonds is 9. The SMILES string of the molecule is O=C(O)CC1CCC(c2ccc(NC(=O)CCNC(=O)c3oc(-c4ccccc4)nc3C(F)(F)F)cc2)CC1. The number of aromatic nitrogens is 1. The highest BCUT2D eigenvalue weighted by Crippen LogP contribution is 2.37. The van der Waals surface area contributed by atoms with E-state index in [4.69, 9.17) is 9.52 Å². The largest absolute Gasteiger partial charge is 0.481 e. The molecule has 0 atom stereocenters. The predicted molar refractivity (Wildman–Crippen MR) is 136 cm³/mol. The Morgan fingerprint density at radius 2 is 1.64 bits per heavy atom. The monoisotopic (exact) mass is 543 g/mol. The minimum atomic E-state index is -4.90. The molecule has 0 radical (unpaired) electrons. The van der Waals surface area contributed by atoms with E-state index >= 15 is 0 Å². The molecule has 1 aliphatic rings. The molecule has 1 aliphatic carbocycles. The number of carboxylic acid groups (broad SMARTS) is 1. The zero-order valence-corrected chi connectivity index (χ0v) is 21.0. The number of carboxylic acids is 1. The van der Waals surface area contributed by atoms with E-state index in [1.165, 1.54) is 12.1 Å². The van der Waals surface area contributed by atoms with Gasteiger partial charge in [-0.05, 0) is 67.3 Å². The lowest BCUT2D eigenvalue weighted by atomic mass is 9.77.